The summed E-state index contributed by atoms with van der Waals surface area (Å²) in [7, 11) is 1.44. The smallest absolute Gasteiger partial charge is 0.167 e. The predicted octanol–water partition coefficient (Wildman–Crippen LogP) is 3.80. The number of ether oxygens (including phenoxy) is 1. The molecule has 1 unspecified atom stereocenters. The molecule has 0 bridgehead atoms. The highest BCUT2D eigenvalue weighted by Crippen LogP contribution is 2.30. The van der Waals surface area contributed by atoms with Crippen LogP contribution in [0.3, 0.4) is 0 Å². The van der Waals surface area contributed by atoms with Gasteiger partial charge in [-0.2, -0.15) is 0 Å². The van der Waals surface area contributed by atoms with Gasteiger partial charge in [0.1, 0.15) is 17.2 Å². The lowest BCUT2D eigenvalue weighted by atomic mass is 10.2. The van der Waals surface area contributed by atoms with E-state index >= 15 is 0 Å². The first kappa shape index (κ1) is 14.6. The summed E-state index contributed by atoms with van der Waals surface area (Å²) < 4.78 is 18.8. The number of rotatable bonds is 5. The van der Waals surface area contributed by atoms with E-state index in [0.717, 1.165) is 16.8 Å². The van der Waals surface area contributed by atoms with Crippen LogP contribution in [0.1, 0.15) is 24.4 Å². The second kappa shape index (κ2) is 6.23. The Balaban J connectivity index is 2.03. The highest BCUT2D eigenvalue weighted by atomic mass is 32.1. The van der Waals surface area contributed by atoms with Gasteiger partial charge in [0.2, 0.25) is 0 Å². The SMILES string of the molecule is CCC(Nc1ncnc2cc(F)c(OC)cc12)c1nccs1. The summed E-state index contributed by atoms with van der Waals surface area (Å²) in [6.45, 7) is 2.07. The number of fused-ring (bicyclic) bond motifs is 1. The summed E-state index contributed by atoms with van der Waals surface area (Å²) in [5.41, 5.74) is 0.532. The molecule has 2 aromatic heterocycles. The van der Waals surface area contributed by atoms with Crippen molar-refractivity contribution in [1.29, 1.82) is 0 Å². The van der Waals surface area contributed by atoms with Crippen LogP contribution >= 0.6 is 11.3 Å². The van der Waals surface area contributed by atoms with Gasteiger partial charge in [0.15, 0.2) is 11.6 Å². The fourth-order valence-corrected chi connectivity index (χ4v) is 3.01. The number of nitrogens with one attached hydrogen (secondary N) is 1. The van der Waals surface area contributed by atoms with E-state index in [-0.39, 0.29) is 11.8 Å². The van der Waals surface area contributed by atoms with Gasteiger partial charge in [0, 0.05) is 23.0 Å². The van der Waals surface area contributed by atoms with Gasteiger partial charge in [-0.05, 0) is 12.5 Å². The quantitative estimate of drug-likeness (QED) is 0.775. The Morgan fingerprint density at radius 1 is 1.32 bits per heavy atom. The summed E-state index contributed by atoms with van der Waals surface area (Å²) >= 11 is 1.59. The Morgan fingerprint density at radius 2 is 2.18 bits per heavy atom. The number of hydrogen-bond acceptors (Lipinski definition) is 6. The molecule has 3 aromatic rings. The van der Waals surface area contributed by atoms with Gasteiger partial charge in [-0.25, -0.2) is 19.3 Å². The lowest BCUT2D eigenvalue weighted by molar-refractivity contribution is 0.387. The zero-order valence-corrected chi connectivity index (χ0v) is 13.0. The van der Waals surface area contributed by atoms with Crippen molar-refractivity contribution in [2.75, 3.05) is 12.4 Å². The number of nitrogens with zero attached hydrogens (tertiary/aromatic N) is 3. The van der Waals surface area contributed by atoms with Crippen molar-refractivity contribution in [3.05, 3.63) is 40.9 Å². The summed E-state index contributed by atoms with van der Waals surface area (Å²) in [5.74, 6) is 0.379. The monoisotopic (exact) mass is 318 g/mol. The molecular weight excluding hydrogens is 303 g/mol. The molecule has 0 spiro atoms. The van der Waals surface area contributed by atoms with Gasteiger partial charge in [-0.1, -0.05) is 6.92 Å². The van der Waals surface area contributed by atoms with Crippen LogP contribution in [0.2, 0.25) is 0 Å². The molecule has 0 amide bonds. The fourth-order valence-electron chi connectivity index (χ4n) is 2.24. The highest BCUT2D eigenvalue weighted by Gasteiger charge is 2.16. The standard InChI is InChI=1S/C15H15FN4OS/c1-3-11(15-17-4-5-22-15)20-14-9-6-13(21-2)10(16)7-12(9)18-8-19-14/h4-8,11H,3H2,1-2H3,(H,18,19,20). The molecule has 3 rings (SSSR count). The number of halogens is 1. The van der Waals surface area contributed by atoms with Gasteiger partial charge in [0.05, 0.1) is 18.7 Å². The van der Waals surface area contributed by atoms with Gasteiger partial charge in [-0.15, -0.1) is 11.3 Å². The lowest BCUT2D eigenvalue weighted by Gasteiger charge is -2.16. The average molecular weight is 318 g/mol. The van der Waals surface area contributed by atoms with E-state index < -0.39 is 5.82 Å². The Hall–Kier alpha value is -2.28. The summed E-state index contributed by atoms with van der Waals surface area (Å²) in [6.07, 6.45) is 4.06. The molecule has 0 radical (unpaired) electrons. The maximum Gasteiger partial charge on any atom is 0.167 e. The van der Waals surface area contributed by atoms with Crippen LogP contribution in [0.5, 0.6) is 5.75 Å². The Bertz CT molecular complexity index is 779. The number of thiazole rings is 1. The molecule has 1 aromatic carbocycles. The molecule has 0 fully saturated rings. The fraction of sp³-hybridized carbons (Fsp3) is 0.267. The Labute approximate surface area is 131 Å². The van der Waals surface area contributed by atoms with E-state index in [9.17, 15) is 4.39 Å². The van der Waals surface area contributed by atoms with Crippen molar-refractivity contribution < 1.29 is 9.13 Å². The molecule has 0 aliphatic heterocycles. The minimum absolute atomic E-state index is 0.0501. The first-order chi connectivity index (χ1) is 10.7. The molecule has 22 heavy (non-hydrogen) atoms. The van der Waals surface area contributed by atoms with Gasteiger partial charge >= 0.3 is 0 Å². The predicted molar refractivity (Wildman–Crippen MR) is 84.8 cm³/mol. The zero-order valence-electron chi connectivity index (χ0n) is 12.2. The molecule has 5 nitrogen and oxygen atoms in total. The summed E-state index contributed by atoms with van der Waals surface area (Å²) in [4.78, 5) is 12.7. The van der Waals surface area contributed by atoms with Crippen LogP contribution in [-0.4, -0.2) is 22.1 Å². The number of aromatic nitrogens is 3. The molecule has 0 aliphatic carbocycles. The first-order valence-corrected chi connectivity index (χ1v) is 7.75. The van der Waals surface area contributed by atoms with Crippen LogP contribution in [0, 0.1) is 5.82 Å². The zero-order chi connectivity index (χ0) is 15.5. The molecule has 1 N–H and O–H groups in total. The average Bonchev–Trinajstić information content (AvgIpc) is 3.06. The van der Waals surface area contributed by atoms with Crippen molar-refractivity contribution in [3.63, 3.8) is 0 Å². The first-order valence-electron chi connectivity index (χ1n) is 6.87. The van der Waals surface area contributed by atoms with E-state index in [4.69, 9.17) is 4.74 Å². The molecule has 2 heterocycles. The van der Waals surface area contributed by atoms with Crippen LogP contribution in [0.15, 0.2) is 30.0 Å². The second-order valence-corrected chi connectivity index (χ2v) is 5.63. The van der Waals surface area contributed by atoms with Crippen molar-refractivity contribution in [1.82, 2.24) is 15.0 Å². The summed E-state index contributed by atoms with van der Waals surface area (Å²) in [5, 5.41) is 7.01. The van der Waals surface area contributed by atoms with Gasteiger partial charge in [0.25, 0.3) is 0 Å². The number of methoxy groups -OCH3 is 1. The molecule has 1 atom stereocenters. The number of hydrogen-bond donors (Lipinski definition) is 1. The molecule has 0 saturated heterocycles. The molecule has 0 saturated carbocycles. The minimum Gasteiger partial charge on any atom is -0.494 e. The van der Waals surface area contributed by atoms with E-state index in [1.807, 2.05) is 5.38 Å². The van der Waals surface area contributed by atoms with E-state index in [1.54, 1.807) is 23.6 Å². The van der Waals surface area contributed by atoms with Crippen molar-refractivity contribution >= 4 is 28.1 Å². The van der Waals surface area contributed by atoms with Crippen molar-refractivity contribution in [2.24, 2.45) is 0 Å². The van der Waals surface area contributed by atoms with Gasteiger partial charge < -0.3 is 10.1 Å². The maximum atomic E-state index is 13.8. The van der Waals surface area contributed by atoms with E-state index in [0.29, 0.717) is 11.3 Å². The topological polar surface area (TPSA) is 59.9 Å². The van der Waals surface area contributed by atoms with Crippen LogP contribution in [0.4, 0.5) is 10.2 Å². The minimum atomic E-state index is -0.438. The maximum absolute atomic E-state index is 13.8. The number of anilines is 1. The third-order valence-corrected chi connectivity index (χ3v) is 4.27. The highest BCUT2D eigenvalue weighted by molar-refractivity contribution is 7.09. The molecule has 7 heteroatoms. The molecule has 0 aliphatic rings. The van der Waals surface area contributed by atoms with Crippen molar-refractivity contribution in [3.8, 4) is 5.75 Å². The largest absolute Gasteiger partial charge is 0.494 e. The summed E-state index contributed by atoms with van der Waals surface area (Å²) in [6, 6.07) is 3.02. The van der Waals surface area contributed by atoms with Crippen LogP contribution < -0.4 is 10.1 Å². The van der Waals surface area contributed by atoms with Crippen LogP contribution in [0.25, 0.3) is 10.9 Å². The van der Waals surface area contributed by atoms with Crippen LogP contribution in [-0.2, 0) is 0 Å². The Morgan fingerprint density at radius 3 is 2.86 bits per heavy atom. The molecular formula is C15H15FN4OS. The normalized spacial score (nSPS) is 12.3. The lowest BCUT2D eigenvalue weighted by Crippen LogP contribution is -2.11. The van der Waals surface area contributed by atoms with Gasteiger partial charge in [-0.3, -0.25) is 0 Å². The second-order valence-electron chi connectivity index (χ2n) is 4.70. The van der Waals surface area contributed by atoms with E-state index in [1.165, 1.54) is 19.5 Å². The third-order valence-electron chi connectivity index (χ3n) is 3.38. The number of benzene rings is 1. The molecule has 114 valence electrons. The Kier molecular flexibility index (Phi) is 4.15. The van der Waals surface area contributed by atoms with E-state index in [2.05, 4.69) is 27.2 Å². The van der Waals surface area contributed by atoms with Crippen molar-refractivity contribution in [2.45, 2.75) is 19.4 Å². The third kappa shape index (κ3) is 2.71.